The minimum absolute atomic E-state index is 0.143. The molecule has 1 fully saturated rings. The van der Waals surface area contributed by atoms with Gasteiger partial charge in [0.25, 0.3) is 0 Å². The molecule has 1 saturated carbocycles. The zero-order valence-electron chi connectivity index (χ0n) is 9.40. The summed E-state index contributed by atoms with van der Waals surface area (Å²) in [7, 11) is 0. The number of hydrogen-bond donors (Lipinski definition) is 1. The Bertz CT molecular complexity index is 466. The van der Waals surface area contributed by atoms with Crippen molar-refractivity contribution in [3.05, 3.63) is 41.4 Å². The molecule has 2 nitrogen and oxygen atoms in total. The van der Waals surface area contributed by atoms with E-state index in [4.69, 9.17) is 11.6 Å². The van der Waals surface area contributed by atoms with Crippen LogP contribution in [-0.4, -0.2) is 5.91 Å². The molecule has 88 valence electrons. The minimum atomic E-state index is 0.143. The fourth-order valence-electron chi connectivity index (χ4n) is 2.85. The van der Waals surface area contributed by atoms with E-state index in [1.165, 1.54) is 0 Å². The molecule has 1 aromatic carbocycles. The summed E-state index contributed by atoms with van der Waals surface area (Å²) in [4.78, 5) is 12.1. The van der Waals surface area contributed by atoms with Crippen LogP contribution in [-0.2, 0) is 4.79 Å². The van der Waals surface area contributed by atoms with Crippen LogP contribution in [0.2, 0.25) is 5.02 Å². The number of halogens is 1. The van der Waals surface area contributed by atoms with Gasteiger partial charge in [-0.25, -0.2) is 0 Å². The molecular weight excluding hydrogens is 234 g/mol. The molecule has 2 bridgehead atoms. The van der Waals surface area contributed by atoms with Crippen LogP contribution in [0.5, 0.6) is 0 Å². The second-order valence-corrected chi connectivity index (χ2v) is 5.32. The average molecular weight is 248 g/mol. The molecule has 0 aromatic heterocycles. The SMILES string of the molecule is O=C(Nc1ccc(Cl)cc1)C1CC2C=CC1C2. The zero-order chi connectivity index (χ0) is 11.8. The van der Waals surface area contributed by atoms with Gasteiger partial charge >= 0.3 is 0 Å². The second-order valence-electron chi connectivity index (χ2n) is 4.88. The number of rotatable bonds is 2. The summed E-state index contributed by atoms with van der Waals surface area (Å²) in [6.45, 7) is 0. The normalized spacial score (nSPS) is 29.6. The number of benzene rings is 1. The minimum Gasteiger partial charge on any atom is -0.326 e. The molecule has 1 aromatic rings. The van der Waals surface area contributed by atoms with Crippen LogP contribution in [0.1, 0.15) is 12.8 Å². The Hall–Kier alpha value is -1.28. The standard InChI is InChI=1S/C14H14ClNO/c15-11-3-5-12(6-4-11)16-14(17)13-8-9-1-2-10(13)7-9/h1-6,9-10,13H,7-8H2,(H,16,17). The maximum atomic E-state index is 12.1. The van der Waals surface area contributed by atoms with E-state index >= 15 is 0 Å². The largest absolute Gasteiger partial charge is 0.326 e. The van der Waals surface area contributed by atoms with E-state index in [2.05, 4.69) is 17.5 Å². The van der Waals surface area contributed by atoms with E-state index < -0.39 is 0 Å². The molecule has 1 amide bonds. The Morgan fingerprint density at radius 2 is 1.94 bits per heavy atom. The Balaban J connectivity index is 1.68. The number of amides is 1. The molecule has 0 spiro atoms. The van der Waals surface area contributed by atoms with Gasteiger partial charge < -0.3 is 5.32 Å². The van der Waals surface area contributed by atoms with Crippen LogP contribution < -0.4 is 5.32 Å². The number of allylic oxidation sites excluding steroid dienone is 2. The lowest BCUT2D eigenvalue weighted by Crippen LogP contribution is -2.25. The molecule has 0 radical (unpaired) electrons. The van der Waals surface area contributed by atoms with Crippen molar-refractivity contribution in [1.29, 1.82) is 0 Å². The van der Waals surface area contributed by atoms with Gasteiger partial charge in [0.1, 0.15) is 0 Å². The van der Waals surface area contributed by atoms with Gasteiger partial charge in [-0.15, -0.1) is 0 Å². The fraction of sp³-hybridized carbons (Fsp3) is 0.357. The molecule has 1 N–H and O–H groups in total. The van der Waals surface area contributed by atoms with Gasteiger partial charge in [-0.05, 0) is 48.9 Å². The third kappa shape index (κ3) is 2.09. The molecular formula is C14H14ClNO. The number of fused-ring (bicyclic) bond motifs is 2. The summed E-state index contributed by atoms with van der Waals surface area (Å²) in [5, 5.41) is 3.65. The number of nitrogens with one attached hydrogen (secondary N) is 1. The van der Waals surface area contributed by atoms with E-state index in [1.807, 2.05) is 12.1 Å². The number of carbonyl (C=O) groups excluding carboxylic acids is 1. The molecule has 0 heterocycles. The van der Waals surface area contributed by atoms with Crippen molar-refractivity contribution in [3.8, 4) is 0 Å². The molecule has 3 rings (SSSR count). The van der Waals surface area contributed by atoms with Crippen molar-refractivity contribution in [1.82, 2.24) is 0 Å². The van der Waals surface area contributed by atoms with Gasteiger partial charge in [0.2, 0.25) is 5.91 Å². The highest BCUT2D eigenvalue weighted by Crippen LogP contribution is 2.43. The first-order chi connectivity index (χ1) is 8.22. The first-order valence-electron chi connectivity index (χ1n) is 5.97. The molecule has 17 heavy (non-hydrogen) atoms. The number of hydrogen-bond acceptors (Lipinski definition) is 1. The van der Waals surface area contributed by atoms with Gasteiger partial charge in [0.15, 0.2) is 0 Å². The molecule has 3 atom stereocenters. The summed E-state index contributed by atoms with van der Waals surface area (Å²) in [5.41, 5.74) is 0.825. The zero-order valence-corrected chi connectivity index (χ0v) is 10.2. The smallest absolute Gasteiger partial charge is 0.228 e. The monoisotopic (exact) mass is 247 g/mol. The summed E-state index contributed by atoms with van der Waals surface area (Å²) < 4.78 is 0. The quantitative estimate of drug-likeness (QED) is 0.797. The van der Waals surface area contributed by atoms with Crippen LogP contribution >= 0.6 is 11.6 Å². The molecule has 2 aliphatic rings. The number of carbonyl (C=O) groups is 1. The Morgan fingerprint density at radius 1 is 1.18 bits per heavy atom. The van der Waals surface area contributed by atoms with Crippen molar-refractivity contribution in [2.24, 2.45) is 17.8 Å². The van der Waals surface area contributed by atoms with Crippen molar-refractivity contribution < 1.29 is 4.79 Å². The summed E-state index contributed by atoms with van der Waals surface area (Å²) in [6.07, 6.45) is 6.59. The Kier molecular flexibility index (Phi) is 2.67. The van der Waals surface area contributed by atoms with Crippen LogP contribution in [0.25, 0.3) is 0 Å². The molecule has 0 aliphatic heterocycles. The van der Waals surface area contributed by atoms with Crippen molar-refractivity contribution in [3.63, 3.8) is 0 Å². The first-order valence-corrected chi connectivity index (χ1v) is 6.35. The average Bonchev–Trinajstić information content (AvgIpc) is 2.94. The Morgan fingerprint density at radius 3 is 2.53 bits per heavy atom. The van der Waals surface area contributed by atoms with E-state index in [-0.39, 0.29) is 11.8 Å². The van der Waals surface area contributed by atoms with E-state index in [0.717, 1.165) is 18.5 Å². The van der Waals surface area contributed by atoms with Gasteiger partial charge in [-0.1, -0.05) is 23.8 Å². The third-order valence-electron chi connectivity index (χ3n) is 3.73. The first kappa shape index (κ1) is 10.8. The Labute approximate surface area is 106 Å². The van der Waals surface area contributed by atoms with Gasteiger partial charge in [-0.3, -0.25) is 4.79 Å². The lowest BCUT2D eigenvalue weighted by atomic mass is 9.93. The highest BCUT2D eigenvalue weighted by molar-refractivity contribution is 6.30. The summed E-state index contributed by atoms with van der Waals surface area (Å²) in [6, 6.07) is 7.25. The van der Waals surface area contributed by atoms with E-state index in [0.29, 0.717) is 16.9 Å². The summed E-state index contributed by atoms with van der Waals surface area (Å²) in [5.74, 6) is 1.37. The molecule has 3 heteroatoms. The predicted octanol–water partition coefficient (Wildman–Crippen LogP) is 3.49. The number of anilines is 1. The highest BCUT2D eigenvalue weighted by atomic mass is 35.5. The molecule has 2 aliphatic carbocycles. The van der Waals surface area contributed by atoms with Crippen LogP contribution in [0.15, 0.2) is 36.4 Å². The summed E-state index contributed by atoms with van der Waals surface area (Å²) >= 11 is 5.80. The van der Waals surface area contributed by atoms with Crippen molar-refractivity contribution in [2.45, 2.75) is 12.8 Å². The van der Waals surface area contributed by atoms with Crippen molar-refractivity contribution >= 4 is 23.2 Å². The fourth-order valence-corrected chi connectivity index (χ4v) is 2.98. The van der Waals surface area contributed by atoms with Crippen LogP contribution in [0.4, 0.5) is 5.69 Å². The van der Waals surface area contributed by atoms with Crippen molar-refractivity contribution in [2.75, 3.05) is 5.32 Å². The lowest BCUT2D eigenvalue weighted by Gasteiger charge is -2.17. The highest BCUT2D eigenvalue weighted by Gasteiger charge is 2.39. The topological polar surface area (TPSA) is 29.1 Å². The van der Waals surface area contributed by atoms with Gasteiger partial charge in [-0.2, -0.15) is 0 Å². The van der Waals surface area contributed by atoms with Gasteiger partial charge in [0, 0.05) is 16.6 Å². The van der Waals surface area contributed by atoms with Crippen LogP contribution in [0.3, 0.4) is 0 Å². The molecule has 0 saturated heterocycles. The second kappa shape index (κ2) is 4.19. The maximum absolute atomic E-state index is 12.1. The maximum Gasteiger partial charge on any atom is 0.228 e. The van der Waals surface area contributed by atoms with Crippen LogP contribution in [0, 0.1) is 17.8 Å². The predicted molar refractivity (Wildman–Crippen MR) is 68.9 cm³/mol. The third-order valence-corrected chi connectivity index (χ3v) is 3.98. The lowest BCUT2D eigenvalue weighted by molar-refractivity contribution is -0.120. The van der Waals surface area contributed by atoms with Gasteiger partial charge in [0.05, 0.1) is 0 Å². The van der Waals surface area contributed by atoms with E-state index in [1.54, 1.807) is 12.1 Å². The van der Waals surface area contributed by atoms with E-state index in [9.17, 15) is 4.79 Å². The molecule has 3 unspecified atom stereocenters.